The fraction of sp³-hybridized carbons (Fsp3) is 0.0179. The van der Waals surface area contributed by atoms with E-state index >= 15 is 0 Å². The maximum absolute atomic E-state index is 5.63. The van der Waals surface area contributed by atoms with Crippen LogP contribution in [0, 0.1) is 0 Å². The minimum absolute atomic E-state index is 0.380. The van der Waals surface area contributed by atoms with Gasteiger partial charge in [0.2, 0.25) is 6.29 Å². The van der Waals surface area contributed by atoms with Crippen molar-refractivity contribution in [3.63, 3.8) is 0 Å². The van der Waals surface area contributed by atoms with Gasteiger partial charge >= 0.3 is 0 Å². The first kappa shape index (κ1) is 33.8. The molecule has 3 aromatic heterocycles. The first-order valence-electron chi connectivity index (χ1n) is 20.9. The Kier molecular flexibility index (Phi) is 7.30. The second-order valence-corrected chi connectivity index (χ2v) is 16.0. The van der Waals surface area contributed by atoms with Crippen LogP contribution in [0.2, 0.25) is 0 Å². The molecule has 4 heterocycles. The molecule has 0 aliphatic carbocycles. The molecule has 1 aliphatic heterocycles. The molecule has 61 heavy (non-hydrogen) atoms. The largest absolute Gasteiger partial charge is 0.346 e. The van der Waals surface area contributed by atoms with Crippen molar-refractivity contribution in [3.05, 3.63) is 223 Å². The lowest BCUT2D eigenvalue weighted by molar-refractivity contribution is 0.624. The van der Waals surface area contributed by atoms with E-state index in [1.807, 2.05) is 0 Å². The van der Waals surface area contributed by atoms with Crippen LogP contribution in [0.5, 0.6) is 0 Å². The summed E-state index contributed by atoms with van der Waals surface area (Å²) in [5.74, 6) is 0. The summed E-state index contributed by atoms with van der Waals surface area (Å²) < 4.78 is 7.12. The van der Waals surface area contributed by atoms with E-state index in [1.54, 1.807) is 0 Å². The summed E-state index contributed by atoms with van der Waals surface area (Å²) in [7, 11) is 0. The standard InChI is InChI=1S/C56H37N5/c1-3-15-39(16-4-1)59-50-25-13-9-20-42(50)46-33-36(28-31-52(46)59)37-29-32-53-47(34-37)43-21-10-14-26-51(43)61(53)56-57-48-23-11-7-22-45(48)55(58-56)38-27-30-44-41-19-8-12-24-49(41)60(54(44)35-38)40-17-5-2-6-18-40/h1-35,56-57H. The van der Waals surface area contributed by atoms with Gasteiger partial charge in [-0.1, -0.05) is 133 Å². The lowest BCUT2D eigenvalue weighted by atomic mass is 9.98. The van der Waals surface area contributed by atoms with Gasteiger partial charge in [-0.2, -0.15) is 0 Å². The van der Waals surface area contributed by atoms with Gasteiger partial charge in [0.15, 0.2) is 0 Å². The minimum Gasteiger partial charge on any atom is -0.346 e. The van der Waals surface area contributed by atoms with Crippen molar-refractivity contribution in [2.75, 3.05) is 5.32 Å². The molecule has 1 aliphatic rings. The van der Waals surface area contributed by atoms with Gasteiger partial charge in [-0.25, -0.2) is 4.99 Å². The number of nitrogens with zero attached hydrogens (tertiary/aromatic N) is 4. The number of anilines is 1. The van der Waals surface area contributed by atoms with Gasteiger partial charge < -0.3 is 19.0 Å². The van der Waals surface area contributed by atoms with Crippen LogP contribution < -0.4 is 5.32 Å². The Balaban J connectivity index is 0.972. The fourth-order valence-corrected chi connectivity index (χ4v) is 9.96. The Hall–Kier alpha value is -8.15. The number of benzene rings is 9. The van der Waals surface area contributed by atoms with E-state index in [2.05, 4.69) is 231 Å². The molecule has 0 bridgehead atoms. The molecule has 0 spiro atoms. The molecule has 0 saturated carbocycles. The molecule has 5 heteroatoms. The van der Waals surface area contributed by atoms with Crippen LogP contribution in [0.4, 0.5) is 5.69 Å². The summed E-state index contributed by atoms with van der Waals surface area (Å²) in [6.45, 7) is 0. The molecular formula is C56H37N5. The smallest absolute Gasteiger partial charge is 0.201 e. The number of fused-ring (bicyclic) bond motifs is 10. The number of hydrogen-bond donors (Lipinski definition) is 1. The van der Waals surface area contributed by atoms with Crippen LogP contribution in [-0.2, 0) is 0 Å². The van der Waals surface area contributed by atoms with Crippen molar-refractivity contribution in [1.29, 1.82) is 0 Å². The summed E-state index contributed by atoms with van der Waals surface area (Å²) in [5, 5.41) is 11.2. The molecule has 0 fully saturated rings. The highest BCUT2D eigenvalue weighted by atomic mass is 15.3. The third-order valence-electron chi connectivity index (χ3n) is 12.7. The zero-order valence-corrected chi connectivity index (χ0v) is 33.1. The molecule has 0 amide bonds. The molecule has 286 valence electrons. The molecule has 1 atom stereocenters. The number of rotatable bonds is 5. The topological polar surface area (TPSA) is 39.2 Å². The second kappa shape index (κ2) is 13.2. The molecular weight excluding hydrogens is 743 g/mol. The highest BCUT2D eigenvalue weighted by Crippen LogP contribution is 2.41. The lowest BCUT2D eigenvalue weighted by Gasteiger charge is -2.28. The minimum atomic E-state index is -0.380. The Morgan fingerprint density at radius 2 is 0.803 bits per heavy atom. The van der Waals surface area contributed by atoms with Gasteiger partial charge in [0.05, 0.1) is 38.8 Å². The van der Waals surface area contributed by atoms with Crippen molar-refractivity contribution in [2.24, 2.45) is 4.99 Å². The Morgan fingerprint density at radius 3 is 1.49 bits per heavy atom. The van der Waals surface area contributed by atoms with E-state index in [4.69, 9.17) is 4.99 Å². The van der Waals surface area contributed by atoms with Gasteiger partial charge in [0.25, 0.3) is 0 Å². The number of nitrogens with one attached hydrogen (secondary N) is 1. The molecule has 9 aromatic carbocycles. The average molecular weight is 780 g/mol. The summed E-state index contributed by atoms with van der Waals surface area (Å²) in [5.41, 5.74) is 15.9. The summed E-state index contributed by atoms with van der Waals surface area (Å²) in [6, 6.07) is 76.7. The zero-order valence-electron chi connectivity index (χ0n) is 33.1. The van der Waals surface area contributed by atoms with Crippen molar-refractivity contribution in [3.8, 4) is 22.5 Å². The van der Waals surface area contributed by atoms with Crippen LogP contribution in [0.15, 0.2) is 217 Å². The molecule has 1 N–H and O–H groups in total. The van der Waals surface area contributed by atoms with Crippen LogP contribution in [0.3, 0.4) is 0 Å². The van der Waals surface area contributed by atoms with Crippen molar-refractivity contribution >= 4 is 76.8 Å². The van der Waals surface area contributed by atoms with E-state index in [1.165, 1.54) is 60.0 Å². The van der Waals surface area contributed by atoms with Crippen LogP contribution in [0.25, 0.3) is 87.9 Å². The monoisotopic (exact) mass is 779 g/mol. The van der Waals surface area contributed by atoms with Gasteiger partial charge in [-0.3, -0.25) is 0 Å². The van der Waals surface area contributed by atoms with Crippen molar-refractivity contribution < 1.29 is 0 Å². The quantitative estimate of drug-likeness (QED) is 0.186. The van der Waals surface area contributed by atoms with Gasteiger partial charge in [-0.05, 0) is 90.0 Å². The van der Waals surface area contributed by atoms with Gasteiger partial charge in [0, 0.05) is 60.5 Å². The molecule has 5 nitrogen and oxygen atoms in total. The van der Waals surface area contributed by atoms with Crippen LogP contribution in [-0.4, -0.2) is 19.4 Å². The predicted molar refractivity (Wildman–Crippen MR) is 255 cm³/mol. The number of aliphatic imine (C=N–C) groups is 1. The summed E-state index contributed by atoms with van der Waals surface area (Å²) >= 11 is 0. The maximum Gasteiger partial charge on any atom is 0.201 e. The zero-order chi connectivity index (χ0) is 40.0. The van der Waals surface area contributed by atoms with Crippen molar-refractivity contribution in [2.45, 2.75) is 6.29 Å². The van der Waals surface area contributed by atoms with E-state index in [0.717, 1.165) is 50.5 Å². The van der Waals surface area contributed by atoms with Gasteiger partial charge in [0.1, 0.15) is 0 Å². The molecule has 0 radical (unpaired) electrons. The van der Waals surface area contributed by atoms with Crippen molar-refractivity contribution in [1.82, 2.24) is 13.7 Å². The fourth-order valence-electron chi connectivity index (χ4n) is 9.96. The SMILES string of the molecule is c1ccc(-n2c3ccccc3c3cc(-c4ccc5c(c4)c4ccccc4n5C4N=C(c5ccc6c7ccccc7n(-c7ccccc7)c6c5)c5ccccc5N4)ccc32)cc1. The van der Waals surface area contributed by atoms with Gasteiger partial charge in [-0.15, -0.1) is 0 Å². The second-order valence-electron chi connectivity index (χ2n) is 16.0. The Morgan fingerprint density at radius 1 is 0.344 bits per heavy atom. The normalized spacial score (nSPS) is 14.0. The van der Waals surface area contributed by atoms with Crippen LogP contribution >= 0.6 is 0 Å². The Bertz CT molecular complexity index is 3740. The summed E-state index contributed by atoms with van der Waals surface area (Å²) in [4.78, 5) is 5.63. The average Bonchev–Trinajstić information content (AvgIpc) is 3.96. The lowest BCUT2D eigenvalue weighted by Crippen LogP contribution is -2.24. The molecule has 12 aromatic rings. The molecule has 13 rings (SSSR count). The van der Waals surface area contributed by atoms with Crippen LogP contribution in [0.1, 0.15) is 17.4 Å². The number of hydrogen-bond acceptors (Lipinski definition) is 2. The molecule has 0 saturated heterocycles. The predicted octanol–water partition coefficient (Wildman–Crippen LogP) is 14.1. The first-order chi connectivity index (χ1) is 30.3. The highest BCUT2D eigenvalue weighted by molar-refractivity contribution is 6.20. The van der Waals surface area contributed by atoms with E-state index in [9.17, 15) is 0 Å². The molecule has 1 unspecified atom stereocenters. The third kappa shape index (κ3) is 5.11. The highest BCUT2D eigenvalue weighted by Gasteiger charge is 2.26. The summed E-state index contributed by atoms with van der Waals surface area (Å²) in [6.07, 6.45) is -0.380. The number of para-hydroxylation sites is 6. The van der Waals surface area contributed by atoms with E-state index in [0.29, 0.717) is 0 Å². The van der Waals surface area contributed by atoms with E-state index in [-0.39, 0.29) is 6.29 Å². The third-order valence-corrected chi connectivity index (χ3v) is 12.7. The van der Waals surface area contributed by atoms with E-state index < -0.39 is 0 Å². The maximum atomic E-state index is 5.63. The first-order valence-corrected chi connectivity index (χ1v) is 20.9. The Labute approximate surface area is 351 Å². The number of aromatic nitrogens is 3.